The second-order valence-electron chi connectivity index (χ2n) is 6.64. The fourth-order valence-corrected chi connectivity index (χ4v) is 3.09. The van der Waals surface area contributed by atoms with Crippen LogP contribution in [0.4, 0.5) is 0 Å². The van der Waals surface area contributed by atoms with Crippen molar-refractivity contribution in [2.45, 2.75) is 39.3 Å². The van der Waals surface area contributed by atoms with E-state index in [-0.39, 0.29) is 6.47 Å². The van der Waals surface area contributed by atoms with Crippen molar-refractivity contribution in [1.82, 2.24) is 15.1 Å². The van der Waals surface area contributed by atoms with Gasteiger partial charge >= 0.3 is 0 Å². The third-order valence-electron chi connectivity index (χ3n) is 4.57. The van der Waals surface area contributed by atoms with E-state index in [9.17, 15) is 0 Å². The molecule has 1 aromatic heterocycles. The normalized spacial score (nSPS) is 16.2. The van der Waals surface area contributed by atoms with Crippen LogP contribution in [-0.4, -0.2) is 53.0 Å². The molecule has 0 aliphatic carbocycles. The van der Waals surface area contributed by atoms with E-state index < -0.39 is 0 Å². The van der Waals surface area contributed by atoms with Crippen LogP contribution in [0.25, 0.3) is 11.3 Å². The summed E-state index contributed by atoms with van der Waals surface area (Å²) in [6, 6.07) is 8.66. The van der Waals surface area contributed by atoms with Crippen molar-refractivity contribution < 1.29 is 14.6 Å². The Morgan fingerprint density at radius 2 is 2.00 bits per heavy atom. The van der Waals surface area contributed by atoms with Crippen molar-refractivity contribution in [2.24, 2.45) is 0 Å². The van der Waals surface area contributed by atoms with E-state index in [1.54, 1.807) is 0 Å². The molecule has 6 heteroatoms. The summed E-state index contributed by atoms with van der Waals surface area (Å²) in [6.45, 7) is 6.79. The Hall–Kier alpha value is -2.31. The van der Waals surface area contributed by atoms with Gasteiger partial charge in [-0.15, -0.1) is 0 Å². The van der Waals surface area contributed by atoms with Gasteiger partial charge in [-0.3, -0.25) is 9.69 Å². The molecule has 1 fully saturated rings. The van der Waals surface area contributed by atoms with Crippen LogP contribution in [0.5, 0.6) is 0 Å². The summed E-state index contributed by atoms with van der Waals surface area (Å²) in [4.78, 5) is 10.7. The number of benzene rings is 1. The number of nitrogens with zero attached hydrogens (tertiary/aromatic N) is 3. The Bertz CT molecular complexity index is 698. The number of aryl methyl sites for hydroxylation is 1. The molecule has 0 amide bonds. The van der Waals surface area contributed by atoms with Crippen LogP contribution in [0.3, 0.4) is 0 Å². The number of hydrogen-bond donors (Lipinski definition) is 1. The average molecular weight is 357 g/mol. The summed E-state index contributed by atoms with van der Waals surface area (Å²) in [5.41, 5.74) is 5.79. The fourth-order valence-electron chi connectivity index (χ4n) is 3.09. The van der Waals surface area contributed by atoms with Gasteiger partial charge in [-0.05, 0) is 50.4 Å². The molecule has 0 spiro atoms. The predicted molar refractivity (Wildman–Crippen MR) is 101 cm³/mol. The summed E-state index contributed by atoms with van der Waals surface area (Å²) in [6.07, 6.45) is 4.61. The smallest absolute Gasteiger partial charge is 0.290 e. The Morgan fingerprint density at radius 3 is 2.62 bits per heavy atom. The molecule has 1 atom stereocenters. The second kappa shape index (κ2) is 9.99. The standard InChI is InChI=1S/C19H25N3O.CH2O2/c1-14-11-20-21-19(15(14)2)17-8-6-16(7-9-17)12-22(3)13-18-5-4-10-23-18;2-1-3/h6-9,11,18H,4-5,10,12-13H2,1-3H3;1H,(H,2,3). The summed E-state index contributed by atoms with van der Waals surface area (Å²) in [5, 5.41) is 15.3. The number of hydrogen-bond acceptors (Lipinski definition) is 5. The Kier molecular flexibility index (Phi) is 7.69. The van der Waals surface area contributed by atoms with Crippen LogP contribution >= 0.6 is 0 Å². The maximum atomic E-state index is 8.36. The highest BCUT2D eigenvalue weighted by Crippen LogP contribution is 2.23. The minimum Gasteiger partial charge on any atom is -0.483 e. The molecule has 140 valence electrons. The van der Waals surface area contributed by atoms with Gasteiger partial charge in [0.15, 0.2) is 0 Å². The monoisotopic (exact) mass is 357 g/mol. The first-order valence-corrected chi connectivity index (χ1v) is 8.81. The van der Waals surface area contributed by atoms with E-state index in [1.165, 1.54) is 29.5 Å². The fraction of sp³-hybridized carbons (Fsp3) is 0.450. The number of likely N-dealkylation sites (N-methyl/N-ethyl adjacent to an activating group) is 1. The lowest BCUT2D eigenvalue weighted by atomic mass is 10.0. The Balaban J connectivity index is 0.000000758. The molecule has 1 unspecified atom stereocenters. The SMILES string of the molecule is Cc1cnnc(-c2ccc(CN(C)CC3CCCO3)cc2)c1C.O=CO. The van der Waals surface area contributed by atoms with E-state index >= 15 is 0 Å². The number of rotatable bonds is 5. The largest absolute Gasteiger partial charge is 0.483 e. The second-order valence-corrected chi connectivity index (χ2v) is 6.64. The Labute approximate surface area is 154 Å². The molecule has 26 heavy (non-hydrogen) atoms. The molecule has 1 aromatic carbocycles. The molecular weight excluding hydrogens is 330 g/mol. The molecule has 2 heterocycles. The van der Waals surface area contributed by atoms with Gasteiger partial charge < -0.3 is 9.84 Å². The van der Waals surface area contributed by atoms with Crippen LogP contribution in [0.15, 0.2) is 30.5 Å². The van der Waals surface area contributed by atoms with Crippen molar-refractivity contribution >= 4 is 6.47 Å². The first-order valence-electron chi connectivity index (χ1n) is 8.81. The van der Waals surface area contributed by atoms with Crippen molar-refractivity contribution in [3.05, 3.63) is 47.2 Å². The van der Waals surface area contributed by atoms with Gasteiger partial charge in [0.25, 0.3) is 6.47 Å². The van der Waals surface area contributed by atoms with Crippen LogP contribution in [0, 0.1) is 13.8 Å². The zero-order valence-electron chi connectivity index (χ0n) is 15.7. The van der Waals surface area contributed by atoms with Crippen LogP contribution in [-0.2, 0) is 16.1 Å². The highest BCUT2D eigenvalue weighted by atomic mass is 16.5. The maximum absolute atomic E-state index is 8.36. The molecule has 1 N–H and O–H groups in total. The minimum absolute atomic E-state index is 0.250. The lowest BCUT2D eigenvalue weighted by molar-refractivity contribution is -0.122. The zero-order chi connectivity index (χ0) is 18.9. The first kappa shape index (κ1) is 20.0. The molecule has 0 bridgehead atoms. The van der Waals surface area contributed by atoms with Crippen LogP contribution < -0.4 is 0 Å². The minimum atomic E-state index is -0.250. The molecule has 2 aromatic rings. The van der Waals surface area contributed by atoms with Crippen molar-refractivity contribution in [3.63, 3.8) is 0 Å². The first-order chi connectivity index (χ1) is 12.5. The van der Waals surface area contributed by atoms with Crippen molar-refractivity contribution in [1.29, 1.82) is 0 Å². The van der Waals surface area contributed by atoms with E-state index in [0.29, 0.717) is 6.10 Å². The number of carboxylic acid groups (broad SMARTS) is 1. The quantitative estimate of drug-likeness (QED) is 0.829. The number of ether oxygens (including phenoxy) is 1. The predicted octanol–water partition coefficient (Wildman–Crippen LogP) is 3.07. The maximum Gasteiger partial charge on any atom is 0.290 e. The summed E-state index contributed by atoms with van der Waals surface area (Å²) >= 11 is 0. The van der Waals surface area contributed by atoms with Gasteiger partial charge in [-0.1, -0.05) is 24.3 Å². The highest BCUT2D eigenvalue weighted by Gasteiger charge is 2.17. The van der Waals surface area contributed by atoms with Gasteiger partial charge in [-0.2, -0.15) is 10.2 Å². The van der Waals surface area contributed by atoms with Gasteiger partial charge in [0.05, 0.1) is 18.0 Å². The number of aromatic nitrogens is 2. The molecular formula is C20H27N3O3. The van der Waals surface area contributed by atoms with Gasteiger partial charge in [0, 0.05) is 25.3 Å². The van der Waals surface area contributed by atoms with E-state index in [4.69, 9.17) is 14.6 Å². The molecule has 1 saturated heterocycles. The molecule has 1 aliphatic heterocycles. The van der Waals surface area contributed by atoms with Gasteiger partial charge in [-0.25, -0.2) is 0 Å². The third kappa shape index (κ3) is 5.61. The van der Waals surface area contributed by atoms with Crippen LogP contribution in [0.2, 0.25) is 0 Å². The van der Waals surface area contributed by atoms with Gasteiger partial charge in [0.2, 0.25) is 0 Å². The van der Waals surface area contributed by atoms with Crippen molar-refractivity contribution in [2.75, 3.05) is 20.2 Å². The van der Waals surface area contributed by atoms with Crippen molar-refractivity contribution in [3.8, 4) is 11.3 Å². The van der Waals surface area contributed by atoms with Crippen LogP contribution in [0.1, 0.15) is 29.5 Å². The third-order valence-corrected chi connectivity index (χ3v) is 4.57. The van der Waals surface area contributed by atoms with E-state index in [0.717, 1.165) is 31.0 Å². The summed E-state index contributed by atoms with van der Waals surface area (Å²) < 4.78 is 5.71. The Morgan fingerprint density at radius 1 is 1.31 bits per heavy atom. The molecule has 3 rings (SSSR count). The van der Waals surface area contributed by atoms with E-state index in [2.05, 4.69) is 60.3 Å². The lowest BCUT2D eigenvalue weighted by Gasteiger charge is -2.20. The highest BCUT2D eigenvalue weighted by molar-refractivity contribution is 5.63. The molecule has 0 saturated carbocycles. The zero-order valence-corrected chi connectivity index (χ0v) is 15.7. The average Bonchev–Trinajstić information content (AvgIpc) is 3.12. The molecule has 0 radical (unpaired) electrons. The number of carbonyl (C=O) groups is 1. The summed E-state index contributed by atoms with van der Waals surface area (Å²) in [7, 11) is 2.16. The summed E-state index contributed by atoms with van der Waals surface area (Å²) in [5.74, 6) is 0. The topological polar surface area (TPSA) is 75.5 Å². The van der Waals surface area contributed by atoms with E-state index in [1.807, 2.05) is 6.20 Å². The van der Waals surface area contributed by atoms with Gasteiger partial charge in [0.1, 0.15) is 0 Å². The molecule has 1 aliphatic rings. The lowest BCUT2D eigenvalue weighted by Crippen LogP contribution is -2.28. The molecule has 6 nitrogen and oxygen atoms in total.